The number of aromatic amines is 1. The predicted molar refractivity (Wildman–Crippen MR) is 49.2 cm³/mol. The third-order valence-corrected chi connectivity index (χ3v) is 2.03. The number of nitrogens with one attached hydrogen (secondary N) is 1. The molecule has 1 N–H and O–H groups in total. The molecule has 4 nitrogen and oxygen atoms in total. The molecule has 0 saturated heterocycles. The Morgan fingerprint density at radius 1 is 1.15 bits per heavy atom. The van der Waals surface area contributed by atoms with Crippen LogP contribution in [0.4, 0.5) is 0 Å². The largest absolute Gasteiger partial charge is 0.344 e. The molecule has 13 heavy (non-hydrogen) atoms. The summed E-state index contributed by atoms with van der Waals surface area (Å²) >= 11 is 0. The van der Waals surface area contributed by atoms with Gasteiger partial charge in [0.2, 0.25) is 0 Å². The van der Waals surface area contributed by atoms with E-state index in [1.54, 1.807) is 18.7 Å². The molecular weight excluding hydrogens is 164 g/mol. The second-order valence-electron chi connectivity index (χ2n) is 2.80. The summed E-state index contributed by atoms with van der Waals surface area (Å²) in [6.07, 6.45) is 5.12. The van der Waals surface area contributed by atoms with Crippen LogP contribution >= 0.6 is 0 Å². The lowest BCUT2D eigenvalue weighted by molar-refractivity contribution is 1.29. The third kappa shape index (κ3) is 0.823. The molecule has 0 unspecified atom stereocenters. The maximum absolute atomic E-state index is 4.19. The van der Waals surface area contributed by atoms with Crippen molar-refractivity contribution in [2.75, 3.05) is 0 Å². The normalized spacial score (nSPS) is 11.1. The van der Waals surface area contributed by atoms with Gasteiger partial charge in [0, 0.05) is 11.6 Å². The van der Waals surface area contributed by atoms with Crippen molar-refractivity contribution >= 4 is 22.1 Å². The highest BCUT2D eigenvalue weighted by Gasteiger charge is 2.02. The van der Waals surface area contributed by atoms with Crippen LogP contribution in [0.3, 0.4) is 0 Å². The van der Waals surface area contributed by atoms with Gasteiger partial charge >= 0.3 is 0 Å². The molecule has 0 bridgehead atoms. The van der Waals surface area contributed by atoms with Gasteiger partial charge in [0.05, 0.1) is 18.0 Å². The van der Waals surface area contributed by atoms with E-state index in [9.17, 15) is 0 Å². The molecule has 0 aliphatic heterocycles. The number of hydrogen-bond donors (Lipinski definition) is 1. The molecule has 0 spiro atoms. The van der Waals surface area contributed by atoms with Crippen molar-refractivity contribution in [3.8, 4) is 0 Å². The Hall–Kier alpha value is -1.97. The Bertz CT molecular complexity index is 570. The predicted octanol–water partition coefficient (Wildman–Crippen LogP) is 1.51. The Labute approximate surface area is 73.7 Å². The van der Waals surface area contributed by atoms with E-state index in [0.717, 1.165) is 22.1 Å². The minimum Gasteiger partial charge on any atom is -0.344 e. The van der Waals surface area contributed by atoms with E-state index in [1.165, 1.54) is 0 Å². The molecule has 4 heteroatoms. The fourth-order valence-electron chi connectivity index (χ4n) is 1.44. The first-order valence-electron chi connectivity index (χ1n) is 3.98. The molecule has 0 aliphatic rings. The van der Waals surface area contributed by atoms with E-state index in [0.29, 0.717) is 0 Å². The number of nitrogens with zero attached hydrogens (tertiary/aromatic N) is 3. The zero-order valence-corrected chi connectivity index (χ0v) is 6.73. The minimum absolute atomic E-state index is 0.749. The summed E-state index contributed by atoms with van der Waals surface area (Å²) in [6, 6.07) is 3.88. The molecule has 3 aromatic rings. The van der Waals surface area contributed by atoms with Crippen molar-refractivity contribution in [1.29, 1.82) is 0 Å². The first-order chi connectivity index (χ1) is 6.45. The lowest BCUT2D eigenvalue weighted by atomic mass is 10.2. The second-order valence-corrected chi connectivity index (χ2v) is 2.80. The van der Waals surface area contributed by atoms with Crippen molar-refractivity contribution in [2.24, 2.45) is 0 Å². The van der Waals surface area contributed by atoms with Crippen LogP contribution < -0.4 is 0 Å². The van der Waals surface area contributed by atoms with Crippen LogP contribution in [0.15, 0.2) is 30.9 Å². The van der Waals surface area contributed by atoms with Gasteiger partial charge in [0.15, 0.2) is 5.65 Å². The highest BCUT2D eigenvalue weighted by atomic mass is 14.9. The van der Waals surface area contributed by atoms with Crippen LogP contribution in [-0.4, -0.2) is 19.9 Å². The van der Waals surface area contributed by atoms with E-state index < -0.39 is 0 Å². The smallest absolute Gasteiger partial charge is 0.161 e. The first kappa shape index (κ1) is 6.54. The van der Waals surface area contributed by atoms with E-state index in [4.69, 9.17) is 0 Å². The molecule has 0 amide bonds. The zero-order chi connectivity index (χ0) is 8.67. The quantitative estimate of drug-likeness (QED) is 0.556. The van der Waals surface area contributed by atoms with Crippen LogP contribution in [0, 0.1) is 0 Å². The van der Waals surface area contributed by atoms with Crippen LogP contribution in [0.1, 0.15) is 0 Å². The third-order valence-electron chi connectivity index (χ3n) is 2.03. The summed E-state index contributed by atoms with van der Waals surface area (Å²) in [5.74, 6) is 0. The van der Waals surface area contributed by atoms with E-state index in [-0.39, 0.29) is 0 Å². The van der Waals surface area contributed by atoms with E-state index in [2.05, 4.69) is 19.9 Å². The Balaban J connectivity index is 2.65. The second kappa shape index (κ2) is 2.26. The van der Waals surface area contributed by atoms with E-state index in [1.807, 2.05) is 12.1 Å². The summed E-state index contributed by atoms with van der Waals surface area (Å²) in [5.41, 5.74) is 2.62. The van der Waals surface area contributed by atoms with Crippen LogP contribution in [-0.2, 0) is 0 Å². The number of pyridine rings is 2. The van der Waals surface area contributed by atoms with Gasteiger partial charge in [0.25, 0.3) is 0 Å². The van der Waals surface area contributed by atoms with Crippen molar-refractivity contribution < 1.29 is 0 Å². The lowest BCUT2D eigenvalue weighted by Gasteiger charge is -1.94. The van der Waals surface area contributed by atoms with Crippen LogP contribution in [0.25, 0.3) is 22.1 Å². The van der Waals surface area contributed by atoms with Gasteiger partial charge in [-0.3, -0.25) is 0 Å². The molecule has 0 atom stereocenters. The average molecular weight is 170 g/mol. The number of imidazole rings is 1. The number of fused-ring (bicyclic) bond motifs is 3. The number of aromatic nitrogens is 4. The molecule has 3 aromatic heterocycles. The topological polar surface area (TPSA) is 54.5 Å². The van der Waals surface area contributed by atoms with Crippen LogP contribution in [0.2, 0.25) is 0 Å². The summed E-state index contributed by atoms with van der Waals surface area (Å²) in [4.78, 5) is 15.5. The molecular formula is C9H6N4. The standard InChI is InChI=1S/C9H6N4/c1-2-6-8-7(12-5-13-8)4-11-9(6)10-3-1/h1-5H,(H,12,13). The molecule has 3 rings (SSSR count). The monoisotopic (exact) mass is 170 g/mol. The van der Waals surface area contributed by atoms with Crippen molar-refractivity contribution in [1.82, 2.24) is 19.9 Å². The van der Waals surface area contributed by atoms with Gasteiger partial charge in [-0.25, -0.2) is 15.0 Å². The molecule has 0 aromatic carbocycles. The molecule has 62 valence electrons. The van der Waals surface area contributed by atoms with Crippen molar-refractivity contribution in [3.63, 3.8) is 0 Å². The molecule has 0 radical (unpaired) electrons. The molecule has 3 heterocycles. The summed E-state index contributed by atoms with van der Waals surface area (Å²) < 4.78 is 0. The van der Waals surface area contributed by atoms with Crippen LogP contribution in [0.5, 0.6) is 0 Å². The highest BCUT2D eigenvalue weighted by Crippen LogP contribution is 2.17. The summed E-state index contributed by atoms with van der Waals surface area (Å²) in [5, 5.41) is 1.01. The van der Waals surface area contributed by atoms with Crippen molar-refractivity contribution in [3.05, 3.63) is 30.9 Å². The molecule has 0 saturated carbocycles. The lowest BCUT2D eigenvalue weighted by Crippen LogP contribution is -1.83. The number of hydrogen-bond acceptors (Lipinski definition) is 3. The van der Waals surface area contributed by atoms with Gasteiger partial charge in [-0.2, -0.15) is 0 Å². The highest BCUT2D eigenvalue weighted by molar-refractivity contribution is 5.99. The van der Waals surface area contributed by atoms with Gasteiger partial charge in [-0.1, -0.05) is 0 Å². The van der Waals surface area contributed by atoms with Gasteiger partial charge < -0.3 is 4.98 Å². The van der Waals surface area contributed by atoms with Gasteiger partial charge in [-0.15, -0.1) is 0 Å². The summed E-state index contributed by atoms with van der Waals surface area (Å²) in [7, 11) is 0. The maximum atomic E-state index is 4.19. The minimum atomic E-state index is 0.749. The van der Waals surface area contributed by atoms with Gasteiger partial charge in [0.1, 0.15) is 5.52 Å². The average Bonchev–Trinajstić information content (AvgIpc) is 2.65. The fourth-order valence-corrected chi connectivity index (χ4v) is 1.44. The Kier molecular flexibility index (Phi) is 1.14. The molecule has 0 aliphatic carbocycles. The Morgan fingerprint density at radius 2 is 2.15 bits per heavy atom. The summed E-state index contributed by atoms with van der Waals surface area (Å²) in [6.45, 7) is 0. The number of rotatable bonds is 0. The van der Waals surface area contributed by atoms with Crippen molar-refractivity contribution in [2.45, 2.75) is 0 Å². The number of H-pyrrole nitrogens is 1. The van der Waals surface area contributed by atoms with Gasteiger partial charge in [-0.05, 0) is 12.1 Å². The zero-order valence-electron chi connectivity index (χ0n) is 6.73. The maximum Gasteiger partial charge on any atom is 0.161 e. The molecule has 0 fully saturated rings. The van der Waals surface area contributed by atoms with E-state index >= 15 is 0 Å². The Morgan fingerprint density at radius 3 is 3.15 bits per heavy atom. The fraction of sp³-hybridized carbons (Fsp3) is 0. The first-order valence-corrected chi connectivity index (χ1v) is 3.98. The SMILES string of the molecule is c1cnc2ncc3nc[nH]c3c2c1.